The van der Waals surface area contributed by atoms with Crippen LogP contribution in [0.3, 0.4) is 0 Å². The maximum absolute atomic E-state index is 2.38. The van der Waals surface area contributed by atoms with Gasteiger partial charge in [0.25, 0.3) is 0 Å². The third-order valence-electron chi connectivity index (χ3n) is 25.2. The van der Waals surface area contributed by atoms with E-state index in [1.807, 2.05) is 22.7 Å². The fourth-order valence-electron chi connectivity index (χ4n) is 18.5. The lowest BCUT2D eigenvalue weighted by atomic mass is 9.97. The van der Waals surface area contributed by atoms with Gasteiger partial charge in [0.15, 0.2) is 0 Å². The van der Waals surface area contributed by atoms with Crippen LogP contribution in [0.1, 0.15) is 0 Å². The maximum atomic E-state index is 2.38. The van der Waals surface area contributed by atoms with Crippen molar-refractivity contribution < 1.29 is 0 Å². The van der Waals surface area contributed by atoms with Crippen molar-refractivity contribution in [2.24, 2.45) is 0 Å². The molecular weight excluding hydrogens is 1640 g/mol. The fraction of sp³-hybridized carbons (Fsp3) is 0. The first kappa shape index (κ1) is 81.9. The molecule has 0 aliphatic rings. The molecule has 2 aromatic heterocycles. The first-order valence-corrected chi connectivity index (χ1v) is 46.9. The van der Waals surface area contributed by atoms with Gasteiger partial charge in [-0.25, -0.2) is 0 Å². The molecule has 0 saturated heterocycles. The third kappa shape index (κ3) is 17.4. The molecule has 0 aliphatic heterocycles. The number of nitrogens with zero attached hydrogens (tertiary/aromatic N) is 3. The van der Waals surface area contributed by atoms with E-state index in [1.165, 1.54) is 162 Å². The highest BCUT2D eigenvalue weighted by atomic mass is 32.1. The van der Waals surface area contributed by atoms with Crippen LogP contribution >= 0.6 is 22.7 Å². The summed E-state index contributed by atoms with van der Waals surface area (Å²) in [6, 6.07) is 194. The Kier molecular flexibility index (Phi) is 23.1. The summed E-state index contributed by atoms with van der Waals surface area (Å²) in [5, 5.41) is 10.3. The van der Waals surface area contributed by atoms with E-state index in [-0.39, 0.29) is 0 Å². The molecule has 0 unspecified atom stereocenters. The van der Waals surface area contributed by atoms with Crippen LogP contribution in [0.4, 0.5) is 51.2 Å². The Morgan fingerprint density at radius 2 is 0.308 bits per heavy atom. The van der Waals surface area contributed by atoms with Crippen molar-refractivity contribution in [3.63, 3.8) is 0 Å². The molecule has 22 aromatic carbocycles. The standard InChI is InChI=1S/C48H35N.C44H29NS.C36H25NS/c1-4-12-36(13-5-1)39-22-28-46(29-23-39)49(47-30-24-40(25-31-47)44-20-10-18-42(34-44)37-14-6-2-7-15-37)48-32-26-41(27-33-48)45-21-11-19-43(35-45)38-16-8-3-9-17-38;1-3-13-37-30(9-1)11-7-16-39(37)32-19-23-34(24-20-32)45(36-27-28-44-42(29-36)41-15-5-6-18-43(41)46-44)35-25-21-33(22-26-35)40-17-8-12-31-10-2-4-14-38(31)40;1-3-9-26(10-4-1)28-15-19-30(20-16-28)37(31-21-17-29(18-22-31)27-11-5-2-6-12-27)32-23-24-36-34(25-32)33-13-7-8-14-35(33)38-36/h1-35H;1-29H;1-25H. The lowest BCUT2D eigenvalue weighted by Gasteiger charge is -2.26. The van der Waals surface area contributed by atoms with E-state index in [4.69, 9.17) is 0 Å². The normalized spacial score (nSPS) is 11.2. The summed E-state index contributed by atoms with van der Waals surface area (Å²) < 4.78 is 5.27. The Hall–Kier alpha value is -16.8. The Labute approximate surface area is 784 Å². The predicted molar refractivity (Wildman–Crippen MR) is 573 cm³/mol. The van der Waals surface area contributed by atoms with E-state index in [1.54, 1.807) is 0 Å². The zero-order chi connectivity index (χ0) is 88.6. The number of fused-ring (bicyclic) bond motifs is 8. The summed E-state index contributed by atoms with van der Waals surface area (Å²) in [6.45, 7) is 0. The minimum Gasteiger partial charge on any atom is -0.311 e. The van der Waals surface area contributed by atoms with Gasteiger partial charge in [-0.15, -0.1) is 22.7 Å². The van der Waals surface area contributed by atoms with Crippen molar-refractivity contribution in [3.05, 3.63) is 540 Å². The van der Waals surface area contributed by atoms with Crippen LogP contribution in [-0.2, 0) is 0 Å². The van der Waals surface area contributed by atoms with E-state index in [9.17, 15) is 0 Å². The fourth-order valence-corrected chi connectivity index (χ4v) is 20.7. The lowest BCUT2D eigenvalue weighted by molar-refractivity contribution is 1.28. The van der Waals surface area contributed by atoms with Crippen molar-refractivity contribution in [3.8, 4) is 100 Å². The largest absolute Gasteiger partial charge is 0.311 e. The van der Waals surface area contributed by atoms with Gasteiger partial charge in [-0.2, -0.15) is 0 Å². The van der Waals surface area contributed by atoms with Crippen molar-refractivity contribution in [1.29, 1.82) is 0 Å². The second kappa shape index (κ2) is 37.5. The number of benzene rings is 22. The Balaban J connectivity index is 0.000000117. The predicted octanol–water partition coefficient (Wildman–Crippen LogP) is 37.5. The molecule has 5 heteroatoms. The molecule has 0 atom stereocenters. The van der Waals surface area contributed by atoms with Crippen LogP contribution in [-0.4, -0.2) is 0 Å². The van der Waals surface area contributed by atoms with Crippen molar-refractivity contribution in [2.45, 2.75) is 0 Å². The molecule has 24 rings (SSSR count). The molecule has 0 bridgehead atoms. The lowest BCUT2D eigenvalue weighted by Crippen LogP contribution is -2.09. The average Bonchev–Trinajstić information content (AvgIpc) is 1.77. The summed E-state index contributed by atoms with van der Waals surface area (Å²) in [4.78, 5) is 7.07. The van der Waals surface area contributed by atoms with Gasteiger partial charge in [-0.1, -0.05) is 394 Å². The summed E-state index contributed by atoms with van der Waals surface area (Å²) in [7, 11) is 0. The van der Waals surface area contributed by atoms with E-state index in [2.05, 4.69) is 555 Å². The molecule has 0 amide bonds. The topological polar surface area (TPSA) is 9.72 Å². The molecule has 24 aromatic rings. The van der Waals surface area contributed by atoms with E-state index < -0.39 is 0 Å². The van der Waals surface area contributed by atoms with Gasteiger partial charge in [0.05, 0.1) is 0 Å². The minimum atomic E-state index is 1.11. The highest BCUT2D eigenvalue weighted by Crippen LogP contribution is 2.47. The van der Waals surface area contributed by atoms with Crippen LogP contribution in [0.15, 0.2) is 540 Å². The van der Waals surface area contributed by atoms with Crippen LogP contribution < -0.4 is 14.7 Å². The maximum Gasteiger partial charge on any atom is 0.0468 e. The van der Waals surface area contributed by atoms with Gasteiger partial charge < -0.3 is 14.7 Å². The molecule has 133 heavy (non-hydrogen) atoms. The van der Waals surface area contributed by atoms with Gasteiger partial charge in [0.2, 0.25) is 0 Å². The number of hydrogen-bond acceptors (Lipinski definition) is 5. The van der Waals surface area contributed by atoms with Crippen molar-refractivity contribution in [2.75, 3.05) is 14.7 Å². The van der Waals surface area contributed by atoms with Gasteiger partial charge in [-0.3, -0.25) is 0 Å². The number of anilines is 9. The van der Waals surface area contributed by atoms with Crippen LogP contribution in [0.2, 0.25) is 0 Å². The molecule has 0 saturated carbocycles. The number of hydrogen-bond donors (Lipinski definition) is 0. The second-order valence-corrected chi connectivity index (χ2v) is 35.6. The molecule has 2 heterocycles. The van der Waals surface area contributed by atoms with E-state index >= 15 is 0 Å². The van der Waals surface area contributed by atoms with E-state index in [0.717, 1.165) is 51.2 Å². The third-order valence-corrected chi connectivity index (χ3v) is 27.5. The monoisotopic (exact) mass is 1730 g/mol. The van der Waals surface area contributed by atoms with Gasteiger partial charge >= 0.3 is 0 Å². The molecular formula is C128H89N3S2. The van der Waals surface area contributed by atoms with E-state index in [0.29, 0.717) is 0 Å². The quantitative estimate of drug-likeness (QED) is 0.0848. The second-order valence-electron chi connectivity index (χ2n) is 33.4. The van der Waals surface area contributed by atoms with Gasteiger partial charge in [0, 0.05) is 91.5 Å². The van der Waals surface area contributed by atoms with Crippen LogP contribution in [0.25, 0.3) is 162 Å². The Morgan fingerprint density at radius 1 is 0.113 bits per heavy atom. The van der Waals surface area contributed by atoms with Gasteiger partial charge in [0.1, 0.15) is 0 Å². The summed E-state index contributed by atoms with van der Waals surface area (Å²) in [6.07, 6.45) is 0. The van der Waals surface area contributed by atoms with Crippen molar-refractivity contribution >= 4 is 136 Å². The highest BCUT2D eigenvalue weighted by molar-refractivity contribution is 7.26. The molecule has 0 aliphatic carbocycles. The zero-order valence-corrected chi connectivity index (χ0v) is 74.7. The molecule has 0 N–H and O–H groups in total. The number of rotatable bonds is 18. The highest BCUT2D eigenvalue weighted by Gasteiger charge is 2.21. The summed E-state index contributed by atoms with van der Waals surface area (Å²) in [5.41, 5.74) is 32.0. The molecule has 628 valence electrons. The SMILES string of the molecule is c1ccc(-c2ccc(N(c3ccc(-c4cccc(-c5ccccc5)c4)cc3)c3ccc(-c4cccc(-c5ccccc5)c4)cc3)cc2)cc1.c1ccc(-c2ccc(N(c3ccc(-c4ccccc4)cc3)c3ccc4sc5ccccc5c4c3)cc2)cc1.c1ccc2c(-c3ccc(N(c4ccc(-c5cccc6ccccc56)cc4)c4ccc5sc6ccccc6c5c4)cc3)cccc2c1. The molecule has 0 spiro atoms. The number of thiophene rings is 2. The van der Waals surface area contributed by atoms with Crippen molar-refractivity contribution in [1.82, 2.24) is 0 Å². The Morgan fingerprint density at radius 3 is 0.609 bits per heavy atom. The molecule has 3 nitrogen and oxygen atoms in total. The average molecular weight is 1730 g/mol. The molecule has 0 radical (unpaired) electrons. The molecule has 0 fully saturated rings. The van der Waals surface area contributed by atoms with Crippen LogP contribution in [0, 0.1) is 0 Å². The summed E-state index contributed by atoms with van der Waals surface area (Å²) >= 11 is 3.71. The smallest absolute Gasteiger partial charge is 0.0468 e. The summed E-state index contributed by atoms with van der Waals surface area (Å²) in [5.74, 6) is 0. The first-order chi connectivity index (χ1) is 65.9. The zero-order valence-electron chi connectivity index (χ0n) is 73.0. The van der Waals surface area contributed by atoms with Gasteiger partial charge in [-0.05, 0) is 267 Å². The first-order valence-electron chi connectivity index (χ1n) is 45.3. The minimum absolute atomic E-state index is 1.11. The van der Waals surface area contributed by atoms with Crippen LogP contribution in [0.5, 0.6) is 0 Å². The Bertz CT molecular complexity index is 7830.